The van der Waals surface area contributed by atoms with Crippen molar-refractivity contribution < 1.29 is 9.53 Å². The highest BCUT2D eigenvalue weighted by molar-refractivity contribution is 7.08. The Labute approximate surface area is 144 Å². The molecule has 3 heterocycles. The first kappa shape index (κ1) is 16.6. The van der Waals surface area contributed by atoms with E-state index < -0.39 is 6.04 Å². The molecule has 1 unspecified atom stereocenters. The third-order valence-electron chi connectivity index (χ3n) is 4.09. The molecule has 8 heteroatoms. The molecule has 0 spiro atoms. The quantitative estimate of drug-likeness (QED) is 0.898. The first-order valence-corrected chi connectivity index (χ1v) is 8.89. The van der Waals surface area contributed by atoms with Gasteiger partial charge in [-0.3, -0.25) is 4.79 Å². The molecule has 126 valence electrons. The van der Waals surface area contributed by atoms with E-state index in [1.54, 1.807) is 19.2 Å². The summed E-state index contributed by atoms with van der Waals surface area (Å²) in [5.41, 5.74) is 1.24. The molecule has 1 saturated heterocycles. The summed E-state index contributed by atoms with van der Waals surface area (Å²) in [4.78, 5) is 12.5. The van der Waals surface area contributed by atoms with Gasteiger partial charge in [0.25, 0.3) is 5.91 Å². The molecular weight excluding hydrogens is 326 g/mol. The second-order valence-electron chi connectivity index (χ2n) is 5.80. The fourth-order valence-corrected chi connectivity index (χ4v) is 3.32. The van der Waals surface area contributed by atoms with Crippen LogP contribution in [0.2, 0.25) is 0 Å². The van der Waals surface area contributed by atoms with Crippen molar-refractivity contribution in [1.29, 1.82) is 5.26 Å². The van der Waals surface area contributed by atoms with Crippen molar-refractivity contribution in [1.82, 2.24) is 20.3 Å². The number of ether oxygens (including phenoxy) is 1. The number of hydrogen-bond donors (Lipinski definition) is 1. The lowest BCUT2D eigenvalue weighted by atomic mass is 9.99. The monoisotopic (exact) mass is 345 g/mol. The Kier molecular flexibility index (Phi) is 5.23. The SMILES string of the molecule is C[C@H](C#N)n1cc([C@@H](NC(=O)c2ccsc2)C2CCCCO2)nn1. The second-order valence-corrected chi connectivity index (χ2v) is 6.58. The van der Waals surface area contributed by atoms with E-state index in [-0.39, 0.29) is 18.1 Å². The van der Waals surface area contributed by atoms with Crippen LogP contribution in [0.25, 0.3) is 0 Å². The Morgan fingerprint density at radius 3 is 3.12 bits per heavy atom. The summed E-state index contributed by atoms with van der Waals surface area (Å²) in [6.45, 7) is 2.42. The molecule has 0 bridgehead atoms. The van der Waals surface area contributed by atoms with Crippen molar-refractivity contribution in [3.05, 3.63) is 34.3 Å². The number of nitrogens with one attached hydrogen (secondary N) is 1. The number of rotatable bonds is 5. The molecule has 0 radical (unpaired) electrons. The Balaban J connectivity index is 1.83. The third kappa shape index (κ3) is 3.63. The highest BCUT2D eigenvalue weighted by Crippen LogP contribution is 2.26. The van der Waals surface area contributed by atoms with E-state index >= 15 is 0 Å². The second kappa shape index (κ2) is 7.55. The van der Waals surface area contributed by atoms with Gasteiger partial charge in [-0.05, 0) is 37.6 Å². The molecule has 24 heavy (non-hydrogen) atoms. The van der Waals surface area contributed by atoms with Crippen LogP contribution in [-0.2, 0) is 4.74 Å². The smallest absolute Gasteiger partial charge is 0.252 e. The molecule has 2 aromatic rings. The predicted molar refractivity (Wildman–Crippen MR) is 88.5 cm³/mol. The molecular formula is C16H19N5O2S. The van der Waals surface area contributed by atoms with Crippen LogP contribution in [-0.4, -0.2) is 33.6 Å². The topological polar surface area (TPSA) is 92.8 Å². The molecule has 3 rings (SSSR count). The summed E-state index contributed by atoms with van der Waals surface area (Å²) in [7, 11) is 0. The van der Waals surface area contributed by atoms with Crippen LogP contribution in [0, 0.1) is 11.3 Å². The molecule has 1 aliphatic heterocycles. The van der Waals surface area contributed by atoms with Crippen LogP contribution >= 0.6 is 11.3 Å². The Morgan fingerprint density at radius 2 is 2.46 bits per heavy atom. The third-order valence-corrected chi connectivity index (χ3v) is 4.77. The zero-order chi connectivity index (χ0) is 16.9. The van der Waals surface area contributed by atoms with Crippen LogP contribution in [0.1, 0.15) is 54.3 Å². The normalized spacial score (nSPS) is 20.1. The van der Waals surface area contributed by atoms with E-state index in [0.29, 0.717) is 17.9 Å². The molecule has 1 aliphatic rings. The fourth-order valence-electron chi connectivity index (χ4n) is 2.69. The predicted octanol–water partition coefficient (Wildman–Crippen LogP) is 2.46. The van der Waals surface area contributed by atoms with Crippen LogP contribution in [0.5, 0.6) is 0 Å². The summed E-state index contributed by atoms with van der Waals surface area (Å²) in [6, 6.07) is 3.12. The van der Waals surface area contributed by atoms with Crippen molar-refractivity contribution >= 4 is 17.2 Å². The molecule has 0 aliphatic carbocycles. The molecule has 2 aromatic heterocycles. The minimum Gasteiger partial charge on any atom is -0.376 e. The maximum atomic E-state index is 12.5. The van der Waals surface area contributed by atoms with Gasteiger partial charge in [-0.2, -0.15) is 16.6 Å². The number of carbonyl (C=O) groups is 1. The van der Waals surface area contributed by atoms with Gasteiger partial charge in [0, 0.05) is 12.0 Å². The van der Waals surface area contributed by atoms with Gasteiger partial charge < -0.3 is 10.1 Å². The van der Waals surface area contributed by atoms with E-state index in [0.717, 1.165) is 19.3 Å². The molecule has 1 amide bonds. The Hall–Kier alpha value is -2.24. The maximum absolute atomic E-state index is 12.5. The summed E-state index contributed by atoms with van der Waals surface area (Å²) in [5, 5.41) is 23.9. The minimum absolute atomic E-state index is 0.135. The van der Waals surface area contributed by atoms with Gasteiger partial charge in [-0.15, -0.1) is 5.10 Å². The van der Waals surface area contributed by atoms with E-state index in [1.807, 2.05) is 10.8 Å². The molecule has 1 fully saturated rings. The number of amides is 1. The summed E-state index contributed by atoms with van der Waals surface area (Å²) >= 11 is 1.48. The van der Waals surface area contributed by atoms with Crippen LogP contribution in [0.15, 0.2) is 23.0 Å². The van der Waals surface area contributed by atoms with Crippen LogP contribution in [0.4, 0.5) is 0 Å². The summed E-state index contributed by atoms with van der Waals surface area (Å²) in [5.74, 6) is -0.154. The molecule has 0 aromatic carbocycles. The van der Waals surface area contributed by atoms with Gasteiger partial charge in [0.15, 0.2) is 0 Å². The van der Waals surface area contributed by atoms with Gasteiger partial charge in [-0.25, -0.2) is 4.68 Å². The molecule has 3 atom stereocenters. The van der Waals surface area contributed by atoms with Crippen molar-refractivity contribution in [2.45, 2.75) is 44.4 Å². The zero-order valence-corrected chi connectivity index (χ0v) is 14.2. The highest BCUT2D eigenvalue weighted by Gasteiger charge is 2.30. The van der Waals surface area contributed by atoms with Crippen molar-refractivity contribution in [3.63, 3.8) is 0 Å². The van der Waals surface area contributed by atoms with Gasteiger partial charge in [0.1, 0.15) is 17.8 Å². The maximum Gasteiger partial charge on any atom is 0.252 e. The summed E-state index contributed by atoms with van der Waals surface area (Å²) in [6.07, 6.45) is 4.52. The van der Waals surface area contributed by atoms with Crippen molar-refractivity contribution in [3.8, 4) is 6.07 Å². The number of thiophene rings is 1. The van der Waals surface area contributed by atoms with Gasteiger partial charge >= 0.3 is 0 Å². The Bertz CT molecular complexity index is 715. The highest BCUT2D eigenvalue weighted by atomic mass is 32.1. The van der Waals surface area contributed by atoms with Crippen LogP contribution in [0.3, 0.4) is 0 Å². The molecule has 1 N–H and O–H groups in total. The first-order chi connectivity index (χ1) is 11.7. The van der Waals surface area contributed by atoms with Gasteiger partial charge in [0.05, 0.1) is 23.9 Å². The van der Waals surface area contributed by atoms with E-state index in [4.69, 9.17) is 10.00 Å². The van der Waals surface area contributed by atoms with Crippen LogP contribution < -0.4 is 5.32 Å². The minimum atomic E-state index is -0.410. The lowest BCUT2D eigenvalue weighted by Crippen LogP contribution is -2.39. The fraction of sp³-hybridized carbons (Fsp3) is 0.500. The van der Waals surface area contributed by atoms with Gasteiger partial charge in [-0.1, -0.05) is 5.21 Å². The largest absolute Gasteiger partial charge is 0.376 e. The average molecular weight is 345 g/mol. The van der Waals surface area contributed by atoms with Crippen molar-refractivity contribution in [2.24, 2.45) is 0 Å². The lowest BCUT2D eigenvalue weighted by molar-refractivity contribution is -0.00830. The number of aromatic nitrogens is 3. The molecule has 0 saturated carbocycles. The van der Waals surface area contributed by atoms with Crippen molar-refractivity contribution in [2.75, 3.05) is 6.61 Å². The standard InChI is InChI=1S/C16H19N5O2S/c1-11(8-17)21-9-13(19-20-21)15(14-4-2-3-6-23-14)18-16(22)12-5-7-24-10-12/h5,7,9-11,14-15H,2-4,6H2,1H3,(H,18,22)/t11-,14?,15-/m1/s1. The van der Waals surface area contributed by atoms with E-state index in [9.17, 15) is 4.79 Å². The first-order valence-electron chi connectivity index (χ1n) is 7.95. The van der Waals surface area contributed by atoms with E-state index in [1.165, 1.54) is 16.0 Å². The average Bonchev–Trinajstić information content (AvgIpc) is 3.31. The Morgan fingerprint density at radius 1 is 1.58 bits per heavy atom. The number of hydrogen-bond acceptors (Lipinski definition) is 6. The zero-order valence-electron chi connectivity index (χ0n) is 13.4. The summed E-state index contributed by atoms with van der Waals surface area (Å²) < 4.78 is 7.36. The lowest BCUT2D eigenvalue weighted by Gasteiger charge is -2.29. The van der Waals surface area contributed by atoms with E-state index in [2.05, 4.69) is 21.7 Å². The number of nitriles is 1. The van der Waals surface area contributed by atoms with Gasteiger partial charge in [0.2, 0.25) is 0 Å². The number of carbonyl (C=O) groups excluding carboxylic acids is 1. The molecule has 7 nitrogen and oxygen atoms in total. The number of nitrogens with zero attached hydrogens (tertiary/aromatic N) is 4.